The van der Waals surface area contributed by atoms with Crippen molar-refractivity contribution in [3.05, 3.63) is 24.3 Å². The molecule has 0 bridgehead atoms. The number of benzene rings is 1. The fourth-order valence-corrected chi connectivity index (χ4v) is 2.21. The molecule has 20 heavy (non-hydrogen) atoms. The third-order valence-electron chi connectivity index (χ3n) is 2.62. The molecule has 0 saturated carbocycles. The Labute approximate surface area is 125 Å². The third-order valence-corrected chi connectivity index (χ3v) is 3.42. The van der Waals surface area contributed by atoms with Gasteiger partial charge >= 0.3 is 0 Å². The highest BCUT2D eigenvalue weighted by Gasteiger charge is 2.06. The van der Waals surface area contributed by atoms with E-state index < -0.39 is 6.10 Å². The number of ether oxygens (including phenoxy) is 2. The molecular formula is C15H25NO3S. The molecule has 0 aliphatic heterocycles. The maximum Gasteiger partial charge on any atom is 0.0945 e. The third kappa shape index (κ3) is 7.14. The maximum atomic E-state index is 9.85. The van der Waals surface area contributed by atoms with Crippen molar-refractivity contribution in [3.8, 4) is 0 Å². The Bertz CT molecular complexity index is 374. The van der Waals surface area contributed by atoms with Crippen molar-refractivity contribution in [2.75, 3.05) is 37.9 Å². The first kappa shape index (κ1) is 17.3. The number of nitrogens with one attached hydrogen (secondary N) is 1. The highest BCUT2D eigenvalue weighted by atomic mass is 32.2. The summed E-state index contributed by atoms with van der Waals surface area (Å²) in [6, 6.07) is 8.05. The van der Waals surface area contributed by atoms with Gasteiger partial charge in [-0.15, -0.1) is 11.8 Å². The van der Waals surface area contributed by atoms with Gasteiger partial charge in [0, 0.05) is 17.1 Å². The van der Waals surface area contributed by atoms with Crippen LogP contribution < -0.4 is 5.32 Å². The molecule has 0 heterocycles. The molecule has 1 atom stereocenters. The number of hydrogen-bond donors (Lipinski definition) is 2. The molecule has 0 amide bonds. The van der Waals surface area contributed by atoms with Gasteiger partial charge in [0.05, 0.1) is 32.0 Å². The molecule has 4 nitrogen and oxygen atoms in total. The van der Waals surface area contributed by atoms with Gasteiger partial charge in [0.15, 0.2) is 0 Å². The van der Waals surface area contributed by atoms with Crippen molar-refractivity contribution in [2.24, 2.45) is 0 Å². The zero-order valence-electron chi connectivity index (χ0n) is 12.5. The number of aliphatic hydroxyl groups excluding tert-OH is 1. The molecule has 0 fully saturated rings. The molecule has 5 heteroatoms. The van der Waals surface area contributed by atoms with Gasteiger partial charge < -0.3 is 19.9 Å². The summed E-state index contributed by atoms with van der Waals surface area (Å²) in [6.45, 7) is 5.84. The van der Waals surface area contributed by atoms with Crippen LogP contribution in [-0.2, 0) is 9.47 Å². The van der Waals surface area contributed by atoms with Crippen LogP contribution in [0.1, 0.15) is 13.8 Å². The summed E-state index contributed by atoms with van der Waals surface area (Å²) in [5.74, 6) is 0. The normalized spacial score (nSPS) is 12.7. The number of aliphatic hydroxyl groups is 1. The highest BCUT2D eigenvalue weighted by molar-refractivity contribution is 7.98. The van der Waals surface area contributed by atoms with E-state index in [9.17, 15) is 5.11 Å². The van der Waals surface area contributed by atoms with Crippen LogP contribution in [0.15, 0.2) is 29.2 Å². The van der Waals surface area contributed by atoms with E-state index in [4.69, 9.17) is 9.47 Å². The summed E-state index contributed by atoms with van der Waals surface area (Å²) >= 11 is 1.68. The summed E-state index contributed by atoms with van der Waals surface area (Å²) in [7, 11) is 0. The molecule has 0 aliphatic carbocycles. The monoisotopic (exact) mass is 299 g/mol. The van der Waals surface area contributed by atoms with Crippen LogP contribution in [-0.4, -0.2) is 49.9 Å². The first-order chi connectivity index (χ1) is 9.63. The fourth-order valence-electron chi connectivity index (χ4n) is 1.64. The van der Waals surface area contributed by atoms with Crippen LogP contribution in [0.4, 0.5) is 5.69 Å². The number of para-hydroxylation sites is 1. The first-order valence-electron chi connectivity index (χ1n) is 6.87. The molecule has 1 unspecified atom stereocenters. The van der Waals surface area contributed by atoms with E-state index in [0.29, 0.717) is 26.4 Å². The lowest BCUT2D eigenvalue weighted by molar-refractivity contribution is -0.00735. The number of rotatable bonds is 10. The van der Waals surface area contributed by atoms with Crippen LogP contribution in [0.25, 0.3) is 0 Å². The van der Waals surface area contributed by atoms with E-state index in [1.165, 1.54) is 4.90 Å². The Morgan fingerprint density at radius 3 is 2.70 bits per heavy atom. The van der Waals surface area contributed by atoms with E-state index in [2.05, 4.69) is 11.4 Å². The van der Waals surface area contributed by atoms with Gasteiger partial charge in [-0.05, 0) is 32.2 Å². The standard InChI is InChI=1S/C15H25NO3S/c1-12(2)19-9-8-18-11-13(17)10-16-14-6-4-5-7-15(14)20-3/h4-7,12-13,16-17H,8-11H2,1-3H3. The Kier molecular flexibility index (Phi) is 8.69. The van der Waals surface area contributed by atoms with Crippen molar-refractivity contribution >= 4 is 17.4 Å². The summed E-state index contributed by atoms with van der Waals surface area (Å²) in [6.07, 6.45) is 1.73. The zero-order chi connectivity index (χ0) is 14.8. The summed E-state index contributed by atoms with van der Waals surface area (Å²) in [5, 5.41) is 13.1. The first-order valence-corrected chi connectivity index (χ1v) is 8.10. The van der Waals surface area contributed by atoms with E-state index in [1.807, 2.05) is 38.3 Å². The summed E-state index contributed by atoms with van der Waals surface area (Å²) in [5.41, 5.74) is 1.04. The van der Waals surface area contributed by atoms with Gasteiger partial charge in [0.25, 0.3) is 0 Å². The van der Waals surface area contributed by atoms with Gasteiger partial charge in [0.1, 0.15) is 0 Å². The minimum atomic E-state index is -0.524. The topological polar surface area (TPSA) is 50.7 Å². The molecule has 1 aromatic rings. The molecule has 1 rings (SSSR count). The molecule has 2 N–H and O–H groups in total. The largest absolute Gasteiger partial charge is 0.389 e. The summed E-state index contributed by atoms with van der Waals surface area (Å²) in [4.78, 5) is 1.17. The lowest BCUT2D eigenvalue weighted by Gasteiger charge is -2.15. The lowest BCUT2D eigenvalue weighted by Crippen LogP contribution is -2.26. The number of hydrogen-bond acceptors (Lipinski definition) is 5. The Morgan fingerprint density at radius 1 is 1.25 bits per heavy atom. The maximum absolute atomic E-state index is 9.85. The van der Waals surface area contributed by atoms with Crippen LogP contribution in [0.3, 0.4) is 0 Å². The van der Waals surface area contributed by atoms with Gasteiger partial charge in [-0.25, -0.2) is 0 Å². The van der Waals surface area contributed by atoms with Crippen molar-refractivity contribution in [1.29, 1.82) is 0 Å². The van der Waals surface area contributed by atoms with Gasteiger partial charge in [-0.3, -0.25) is 0 Å². The van der Waals surface area contributed by atoms with E-state index in [0.717, 1.165) is 5.69 Å². The van der Waals surface area contributed by atoms with Crippen molar-refractivity contribution < 1.29 is 14.6 Å². The summed E-state index contributed by atoms with van der Waals surface area (Å²) < 4.78 is 10.7. The van der Waals surface area contributed by atoms with Crippen LogP contribution >= 0.6 is 11.8 Å². The Balaban J connectivity index is 2.18. The average Bonchev–Trinajstić information content (AvgIpc) is 2.44. The van der Waals surface area contributed by atoms with E-state index >= 15 is 0 Å². The van der Waals surface area contributed by atoms with Crippen molar-refractivity contribution in [1.82, 2.24) is 0 Å². The molecular weight excluding hydrogens is 274 g/mol. The second-order valence-electron chi connectivity index (χ2n) is 4.73. The van der Waals surface area contributed by atoms with Crippen molar-refractivity contribution in [2.45, 2.75) is 31.0 Å². The molecule has 0 radical (unpaired) electrons. The van der Waals surface area contributed by atoms with Crippen LogP contribution in [0.2, 0.25) is 0 Å². The highest BCUT2D eigenvalue weighted by Crippen LogP contribution is 2.24. The Morgan fingerprint density at radius 2 is 2.00 bits per heavy atom. The van der Waals surface area contributed by atoms with Crippen LogP contribution in [0.5, 0.6) is 0 Å². The lowest BCUT2D eigenvalue weighted by atomic mass is 10.3. The molecule has 0 saturated heterocycles. The number of anilines is 1. The zero-order valence-corrected chi connectivity index (χ0v) is 13.3. The predicted molar refractivity (Wildman–Crippen MR) is 84.6 cm³/mol. The second-order valence-corrected chi connectivity index (χ2v) is 5.58. The van der Waals surface area contributed by atoms with Gasteiger partial charge in [-0.1, -0.05) is 12.1 Å². The molecule has 114 valence electrons. The van der Waals surface area contributed by atoms with Gasteiger partial charge in [-0.2, -0.15) is 0 Å². The molecule has 0 aromatic heterocycles. The minimum Gasteiger partial charge on any atom is -0.389 e. The predicted octanol–water partition coefficient (Wildman–Crippen LogP) is 2.62. The van der Waals surface area contributed by atoms with Crippen LogP contribution in [0, 0.1) is 0 Å². The second kappa shape index (κ2) is 10.0. The average molecular weight is 299 g/mol. The fraction of sp³-hybridized carbons (Fsp3) is 0.600. The quantitative estimate of drug-likeness (QED) is 0.514. The number of thioether (sulfide) groups is 1. The van der Waals surface area contributed by atoms with Gasteiger partial charge in [0.2, 0.25) is 0 Å². The molecule has 0 aliphatic rings. The van der Waals surface area contributed by atoms with E-state index in [-0.39, 0.29) is 6.10 Å². The Hall–Kier alpha value is -0.750. The van der Waals surface area contributed by atoms with E-state index in [1.54, 1.807) is 11.8 Å². The molecule has 1 aromatic carbocycles. The smallest absolute Gasteiger partial charge is 0.0945 e. The SMILES string of the molecule is CSc1ccccc1NCC(O)COCCOC(C)C. The molecule has 0 spiro atoms. The van der Waals surface area contributed by atoms with Crippen molar-refractivity contribution in [3.63, 3.8) is 0 Å². The minimum absolute atomic E-state index is 0.216.